The summed E-state index contributed by atoms with van der Waals surface area (Å²) in [7, 11) is 0. The van der Waals surface area contributed by atoms with Crippen molar-refractivity contribution in [1.82, 2.24) is 20.2 Å². The number of benzene rings is 1. The Labute approximate surface area is 211 Å². The molecule has 3 N–H and O–H groups in total. The lowest BCUT2D eigenvalue weighted by atomic mass is 9.69. The van der Waals surface area contributed by atoms with Crippen molar-refractivity contribution in [3.8, 4) is 0 Å². The summed E-state index contributed by atoms with van der Waals surface area (Å²) in [6.07, 6.45) is 5.61. The molecule has 1 aliphatic rings. The maximum absolute atomic E-state index is 13.0. The number of rotatable bonds is 13. The monoisotopic (exact) mass is 500 g/mol. The Hall–Kier alpha value is -2.65. The van der Waals surface area contributed by atoms with Gasteiger partial charge in [-0.15, -0.1) is 0 Å². The van der Waals surface area contributed by atoms with Crippen LogP contribution in [0.3, 0.4) is 0 Å². The number of amides is 2. The highest BCUT2D eigenvalue weighted by Gasteiger charge is 2.43. The number of aromatic nitrogens is 2. The molecule has 1 fully saturated rings. The first-order valence-electron chi connectivity index (χ1n) is 12.3. The summed E-state index contributed by atoms with van der Waals surface area (Å²) in [5, 5.41) is 24.7. The lowest BCUT2D eigenvalue weighted by Crippen LogP contribution is -2.56. The second kappa shape index (κ2) is 12.9. The van der Waals surface area contributed by atoms with Crippen LogP contribution in [0.25, 0.3) is 0 Å². The predicted molar refractivity (Wildman–Crippen MR) is 136 cm³/mol. The molecule has 8 nitrogen and oxygen atoms in total. The summed E-state index contributed by atoms with van der Waals surface area (Å²) in [4.78, 5) is 35.3. The number of hydrogen-bond acceptors (Lipinski definition) is 6. The van der Waals surface area contributed by atoms with Crippen molar-refractivity contribution >= 4 is 23.8 Å². The van der Waals surface area contributed by atoms with E-state index in [1.54, 1.807) is 18.5 Å². The molecule has 9 heteroatoms. The first-order valence-corrected chi connectivity index (χ1v) is 13.3. The Morgan fingerprint density at radius 1 is 1.17 bits per heavy atom. The summed E-state index contributed by atoms with van der Waals surface area (Å²) in [6.45, 7) is 4.13. The normalized spacial score (nSPS) is 17.0. The Bertz CT molecular complexity index is 943. The van der Waals surface area contributed by atoms with Crippen LogP contribution in [0.5, 0.6) is 0 Å². The Kier molecular flexibility index (Phi) is 9.92. The van der Waals surface area contributed by atoms with E-state index in [-0.39, 0.29) is 18.0 Å². The molecule has 0 spiro atoms. The fourth-order valence-electron chi connectivity index (χ4n) is 4.49. The predicted octanol–water partition coefficient (Wildman–Crippen LogP) is 4.52. The summed E-state index contributed by atoms with van der Waals surface area (Å²) in [5.74, 6) is 0.137. The molecule has 35 heavy (non-hydrogen) atoms. The largest absolute Gasteiger partial charge is 0.465 e. The third-order valence-electron chi connectivity index (χ3n) is 6.76. The van der Waals surface area contributed by atoms with Gasteiger partial charge in [0.25, 0.3) is 5.91 Å². The quantitative estimate of drug-likeness (QED) is 0.274. The number of nitrogens with one attached hydrogen (secondary N) is 1. The average Bonchev–Trinajstić information content (AvgIpc) is 2.85. The highest BCUT2D eigenvalue weighted by Crippen LogP contribution is 2.45. The molecule has 190 valence electrons. The molecule has 2 aromatic rings. The van der Waals surface area contributed by atoms with Crippen LogP contribution in [0.4, 0.5) is 4.79 Å². The molecule has 1 saturated carbocycles. The van der Waals surface area contributed by atoms with Crippen LogP contribution in [0, 0.1) is 5.41 Å². The fraction of sp³-hybridized carbons (Fsp3) is 0.538. The molecule has 0 saturated heterocycles. The maximum Gasteiger partial charge on any atom is 0.407 e. The minimum absolute atomic E-state index is 0.222. The highest BCUT2D eigenvalue weighted by molar-refractivity contribution is 7.99. The zero-order chi connectivity index (χ0) is 25.3. The standard InChI is InChI=1S/C26H36N4O4S/c1-3-4-12-21(22(31)23(32)29-19(2)20-10-6-5-7-11-20)30(25(33)34)17-26(13-8-14-26)18-35-24-27-15-9-16-28-24/h5-7,9-11,15-16,19,21-22,31H,3-4,8,12-14,17-18H2,1-2H3,(H,29,32)(H,33,34)/t19-,21+,22?/m1/s1. The van der Waals surface area contributed by atoms with Gasteiger partial charge >= 0.3 is 6.09 Å². The molecule has 1 aromatic heterocycles. The summed E-state index contributed by atoms with van der Waals surface area (Å²) >= 11 is 1.52. The third kappa shape index (κ3) is 7.41. The van der Waals surface area contributed by atoms with Gasteiger partial charge in [0.1, 0.15) is 0 Å². The number of thioether (sulfide) groups is 1. The van der Waals surface area contributed by atoms with Crippen LogP contribution < -0.4 is 5.32 Å². The van der Waals surface area contributed by atoms with Crippen molar-refractivity contribution < 1.29 is 19.8 Å². The summed E-state index contributed by atoms with van der Waals surface area (Å²) in [5.41, 5.74) is 0.696. The molecular formula is C26H36N4O4S. The van der Waals surface area contributed by atoms with Crippen LogP contribution in [0.2, 0.25) is 0 Å². The zero-order valence-electron chi connectivity index (χ0n) is 20.5. The van der Waals surface area contributed by atoms with Crippen molar-refractivity contribution in [3.05, 3.63) is 54.4 Å². The second-order valence-corrected chi connectivity index (χ2v) is 10.3. The first kappa shape index (κ1) is 26.9. The number of aliphatic hydroxyl groups excluding tert-OH is 1. The molecule has 3 rings (SSSR count). The minimum Gasteiger partial charge on any atom is -0.465 e. The first-order chi connectivity index (χ1) is 16.8. The molecule has 0 aliphatic heterocycles. The van der Waals surface area contributed by atoms with Crippen LogP contribution in [0.15, 0.2) is 53.9 Å². The van der Waals surface area contributed by atoms with Crippen molar-refractivity contribution in [2.24, 2.45) is 5.41 Å². The number of nitrogens with zero attached hydrogens (tertiary/aromatic N) is 3. The number of aliphatic hydroxyl groups is 1. The molecule has 0 radical (unpaired) electrons. The number of carbonyl (C=O) groups is 2. The van der Waals surface area contributed by atoms with Crippen molar-refractivity contribution in [3.63, 3.8) is 0 Å². The van der Waals surface area contributed by atoms with Crippen molar-refractivity contribution in [1.29, 1.82) is 0 Å². The van der Waals surface area contributed by atoms with Gasteiger partial charge in [-0.25, -0.2) is 14.8 Å². The van der Waals surface area contributed by atoms with Crippen molar-refractivity contribution in [2.45, 2.75) is 75.7 Å². The molecule has 1 aromatic carbocycles. The van der Waals surface area contributed by atoms with E-state index in [9.17, 15) is 19.8 Å². The van der Waals surface area contributed by atoms with Gasteiger partial charge in [-0.3, -0.25) is 4.79 Å². The maximum atomic E-state index is 13.0. The minimum atomic E-state index is -1.45. The van der Waals surface area contributed by atoms with Crippen LogP contribution in [-0.4, -0.2) is 61.5 Å². The Balaban J connectivity index is 1.73. The molecule has 3 atom stereocenters. The number of carbonyl (C=O) groups excluding carboxylic acids is 1. The van der Waals surface area contributed by atoms with Gasteiger partial charge in [-0.05, 0) is 43.2 Å². The van der Waals surface area contributed by atoms with Gasteiger partial charge in [0.15, 0.2) is 11.3 Å². The number of unbranched alkanes of at least 4 members (excludes halogenated alkanes) is 1. The Morgan fingerprint density at radius 3 is 2.43 bits per heavy atom. The average molecular weight is 501 g/mol. The number of hydrogen-bond donors (Lipinski definition) is 3. The van der Waals surface area contributed by atoms with Crippen molar-refractivity contribution in [2.75, 3.05) is 12.3 Å². The molecule has 0 bridgehead atoms. The molecule has 2 amide bonds. The summed E-state index contributed by atoms with van der Waals surface area (Å²) in [6, 6.07) is 10.1. The van der Waals surface area contributed by atoms with E-state index < -0.39 is 24.1 Å². The topological polar surface area (TPSA) is 116 Å². The van der Waals surface area contributed by atoms with Gasteiger partial charge in [-0.1, -0.05) is 68.3 Å². The molecule has 1 unspecified atom stereocenters. The van der Waals surface area contributed by atoms with E-state index >= 15 is 0 Å². The smallest absolute Gasteiger partial charge is 0.407 e. The molecule has 1 heterocycles. The Morgan fingerprint density at radius 2 is 1.86 bits per heavy atom. The lowest BCUT2D eigenvalue weighted by molar-refractivity contribution is -0.134. The lowest BCUT2D eigenvalue weighted by Gasteiger charge is -2.46. The van der Waals surface area contributed by atoms with E-state index in [1.807, 2.05) is 44.2 Å². The van der Waals surface area contributed by atoms with E-state index in [4.69, 9.17) is 0 Å². The van der Waals surface area contributed by atoms with E-state index in [1.165, 1.54) is 16.7 Å². The summed E-state index contributed by atoms with van der Waals surface area (Å²) < 4.78 is 0. The van der Waals surface area contributed by atoms with Gasteiger partial charge in [0.05, 0.1) is 12.1 Å². The van der Waals surface area contributed by atoms with Crippen LogP contribution in [0.1, 0.15) is 64.0 Å². The van der Waals surface area contributed by atoms with E-state index in [0.29, 0.717) is 23.8 Å². The molecular weight excluding hydrogens is 464 g/mol. The third-order valence-corrected chi connectivity index (χ3v) is 7.99. The van der Waals surface area contributed by atoms with Gasteiger partial charge < -0.3 is 20.4 Å². The zero-order valence-corrected chi connectivity index (χ0v) is 21.3. The van der Waals surface area contributed by atoms with E-state index in [0.717, 1.165) is 31.2 Å². The SMILES string of the molecule is CCCC[C@@H](C(O)C(=O)N[C@H](C)c1ccccc1)N(CC1(CSc2ncccn2)CCC1)C(=O)O. The molecule has 1 aliphatic carbocycles. The van der Waals surface area contributed by atoms with E-state index in [2.05, 4.69) is 15.3 Å². The van der Waals surface area contributed by atoms with Gasteiger partial charge in [0.2, 0.25) is 0 Å². The second-order valence-electron chi connectivity index (χ2n) is 9.38. The van der Waals surface area contributed by atoms with Crippen LogP contribution >= 0.6 is 11.8 Å². The van der Waals surface area contributed by atoms with Crippen LogP contribution in [-0.2, 0) is 4.79 Å². The highest BCUT2D eigenvalue weighted by atomic mass is 32.2. The van der Waals surface area contributed by atoms with Gasteiger partial charge in [0, 0.05) is 24.7 Å². The fourth-order valence-corrected chi connectivity index (χ4v) is 5.57. The van der Waals surface area contributed by atoms with Gasteiger partial charge in [-0.2, -0.15) is 0 Å². The number of carboxylic acid groups (broad SMARTS) is 1.